The van der Waals surface area contributed by atoms with E-state index in [-0.39, 0.29) is 29.3 Å². The van der Waals surface area contributed by atoms with Crippen molar-refractivity contribution in [3.63, 3.8) is 0 Å². The summed E-state index contributed by atoms with van der Waals surface area (Å²) < 4.78 is 14.1. The number of rotatable bonds is 4. The van der Waals surface area contributed by atoms with Crippen LogP contribution >= 0.6 is 11.8 Å². The highest BCUT2D eigenvalue weighted by Crippen LogP contribution is 2.34. The third kappa shape index (κ3) is 4.09. The molecule has 1 fully saturated rings. The zero-order chi connectivity index (χ0) is 23.8. The van der Waals surface area contributed by atoms with E-state index in [2.05, 4.69) is 0 Å². The number of anilines is 1. The van der Waals surface area contributed by atoms with E-state index in [0.29, 0.717) is 42.9 Å². The van der Waals surface area contributed by atoms with Crippen LogP contribution in [0.15, 0.2) is 58.5 Å². The van der Waals surface area contributed by atoms with Crippen LogP contribution < -0.4 is 4.90 Å². The lowest BCUT2D eigenvalue weighted by Gasteiger charge is -2.36. The molecule has 3 aliphatic heterocycles. The molecule has 2 amide bonds. The van der Waals surface area contributed by atoms with Crippen LogP contribution in [0, 0.1) is 11.7 Å². The molecule has 0 bridgehead atoms. The van der Waals surface area contributed by atoms with Crippen molar-refractivity contribution in [2.45, 2.75) is 19.9 Å². The van der Waals surface area contributed by atoms with Crippen LogP contribution in [-0.4, -0.2) is 70.6 Å². The topological polar surface area (TPSA) is 68.6 Å². The Morgan fingerprint density at radius 2 is 1.79 bits per heavy atom. The van der Waals surface area contributed by atoms with Crippen LogP contribution in [0.4, 0.5) is 15.8 Å². The number of hydrogen-bond donors (Lipinski definition) is 0. The van der Waals surface area contributed by atoms with Gasteiger partial charge in [0.05, 0.1) is 17.1 Å². The molecule has 7 nitrogen and oxygen atoms in total. The summed E-state index contributed by atoms with van der Waals surface area (Å²) in [5.74, 6) is 0.478. The van der Waals surface area contributed by atoms with Gasteiger partial charge in [-0.25, -0.2) is 14.3 Å². The predicted octanol–water partition coefficient (Wildman–Crippen LogP) is 3.52. The molecule has 2 aromatic rings. The van der Waals surface area contributed by atoms with E-state index >= 15 is 0 Å². The minimum absolute atomic E-state index is 0.0229. The van der Waals surface area contributed by atoms with E-state index in [1.54, 1.807) is 21.9 Å². The Morgan fingerprint density at radius 1 is 1.09 bits per heavy atom. The first-order valence-electron chi connectivity index (χ1n) is 11.4. The Balaban J connectivity index is 1.27. The smallest absolute Gasteiger partial charge is 0.259 e. The zero-order valence-electron chi connectivity index (χ0n) is 19.1. The number of aliphatic imine (C=N–C) groups is 2. The predicted molar refractivity (Wildman–Crippen MR) is 133 cm³/mol. The summed E-state index contributed by atoms with van der Waals surface area (Å²) in [7, 11) is 0. The minimum Gasteiger partial charge on any atom is -0.366 e. The summed E-state index contributed by atoms with van der Waals surface area (Å²) in [5, 5.41) is 0.490. The lowest BCUT2D eigenvalue weighted by molar-refractivity contribution is -0.128. The molecule has 2 aromatic carbocycles. The maximum absolute atomic E-state index is 14.1. The summed E-state index contributed by atoms with van der Waals surface area (Å²) in [4.78, 5) is 40.8. The number of thioether (sulfide) groups is 1. The molecule has 1 atom stereocenters. The molecule has 0 aromatic heterocycles. The van der Waals surface area contributed by atoms with Crippen molar-refractivity contribution >= 4 is 46.0 Å². The van der Waals surface area contributed by atoms with Crippen LogP contribution in [-0.2, 0) is 9.59 Å². The molecule has 34 heavy (non-hydrogen) atoms. The highest BCUT2D eigenvalue weighted by atomic mass is 32.2. The third-order valence-corrected chi connectivity index (χ3v) is 7.20. The molecule has 0 spiro atoms. The second kappa shape index (κ2) is 9.21. The molecule has 9 heteroatoms. The molecule has 5 rings (SSSR count). The second-order valence-electron chi connectivity index (χ2n) is 8.83. The number of carbonyl (C=O) groups is 2. The van der Waals surface area contributed by atoms with Gasteiger partial charge in [-0.1, -0.05) is 49.9 Å². The van der Waals surface area contributed by atoms with Gasteiger partial charge in [-0.2, -0.15) is 0 Å². The molecule has 3 heterocycles. The van der Waals surface area contributed by atoms with Gasteiger partial charge in [0.25, 0.3) is 5.91 Å². The van der Waals surface area contributed by atoms with E-state index in [1.807, 2.05) is 49.1 Å². The van der Waals surface area contributed by atoms with Crippen molar-refractivity contribution in [3.05, 3.63) is 59.9 Å². The Kier molecular flexibility index (Phi) is 6.12. The fourth-order valence-corrected chi connectivity index (χ4v) is 5.33. The summed E-state index contributed by atoms with van der Waals surface area (Å²) >= 11 is 1.27. The standard InChI is InChI=1S/C25H26FN5O2S/c1-16(2)22-24(33)31-23(28-22)17-7-3-5-9-19(17)27-25(31)34-15-21(32)30-13-11-29(12-14-30)20-10-6-4-8-18(20)26/h3-10,16,22H,11-15H2,1-2H3. The zero-order valence-corrected chi connectivity index (χ0v) is 20.0. The van der Waals surface area contributed by atoms with E-state index < -0.39 is 6.04 Å². The number of piperazine rings is 1. The average molecular weight is 480 g/mol. The molecule has 0 N–H and O–H groups in total. The average Bonchev–Trinajstić information content (AvgIpc) is 3.21. The van der Waals surface area contributed by atoms with Crippen molar-refractivity contribution in [2.75, 3.05) is 36.8 Å². The number of amidine groups is 2. The van der Waals surface area contributed by atoms with E-state index in [1.165, 1.54) is 17.8 Å². The van der Waals surface area contributed by atoms with Crippen molar-refractivity contribution in [2.24, 2.45) is 15.9 Å². The molecule has 176 valence electrons. The number of benzene rings is 2. The number of fused-ring (bicyclic) bond motifs is 3. The number of amides is 2. The second-order valence-corrected chi connectivity index (χ2v) is 9.78. The van der Waals surface area contributed by atoms with Gasteiger partial charge in [0.2, 0.25) is 5.91 Å². The Morgan fingerprint density at radius 3 is 2.53 bits per heavy atom. The fraction of sp³-hybridized carbons (Fsp3) is 0.360. The largest absolute Gasteiger partial charge is 0.366 e. The number of para-hydroxylation sites is 2. The van der Waals surface area contributed by atoms with Gasteiger partial charge >= 0.3 is 0 Å². The van der Waals surface area contributed by atoms with Crippen molar-refractivity contribution in [1.82, 2.24) is 9.80 Å². The molecular formula is C25H26FN5O2S. The normalized spacial score (nSPS) is 19.7. The maximum atomic E-state index is 14.1. The third-order valence-electron chi connectivity index (χ3n) is 6.28. The number of halogens is 1. The van der Waals surface area contributed by atoms with Gasteiger partial charge in [0.1, 0.15) is 17.7 Å². The first kappa shape index (κ1) is 22.6. The first-order valence-corrected chi connectivity index (χ1v) is 12.4. The molecule has 0 aliphatic carbocycles. The van der Waals surface area contributed by atoms with Gasteiger partial charge in [-0.15, -0.1) is 0 Å². The van der Waals surface area contributed by atoms with Gasteiger partial charge in [0, 0.05) is 31.7 Å². The SMILES string of the molecule is CC(C)C1N=C2c3ccccc3N=C(SCC(=O)N3CCN(c4ccccc4F)CC3)N2C1=O. The highest BCUT2D eigenvalue weighted by molar-refractivity contribution is 8.14. The molecular weight excluding hydrogens is 453 g/mol. The van der Waals surface area contributed by atoms with E-state index in [4.69, 9.17) is 9.98 Å². The van der Waals surface area contributed by atoms with Gasteiger partial charge in [0.15, 0.2) is 5.17 Å². The highest BCUT2D eigenvalue weighted by Gasteiger charge is 2.42. The molecule has 1 unspecified atom stereocenters. The van der Waals surface area contributed by atoms with Crippen molar-refractivity contribution in [3.8, 4) is 0 Å². The quantitative estimate of drug-likeness (QED) is 0.673. The van der Waals surface area contributed by atoms with Crippen molar-refractivity contribution < 1.29 is 14.0 Å². The Hall–Kier alpha value is -3.20. The summed E-state index contributed by atoms with van der Waals surface area (Å²) in [5.41, 5.74) is 2.15. The number of carbonyl (C=O) groups excluding carboxylic acids is 2. The molecule has 3 aliphatic rings. The van der Waals surface area contributed by atoms with Gasteiger partial charge in [-0.3, -0.25) is 14.6 Å². The lowest BCUT2D eigenvalue weighted by atomic mass is 10.1. The van der Waals surface area contributed by atoms with Crippen LogP contribution in [0.25, 0.3) is 0 Å². The lowest BCUT2D eigenvalue weighted by Crippen LogP contribution is -2.50. The monoisotopic (exact) mass is 479 g/mol. The number of hydrogen-bond acceptors (Lipinski definition) is 6. The van der Waals surface area contributed by atoms with Crippen LogP contribution in [0.5, 0.6) is 0 Å². The first-order chi connectivity index (χ1) is 16.4. The maximum Gasteiger partial charge on any atom is 0.259 e. The summed E-state index contributed by atoms with van der Waals surface area (Å²) in [6, 6.07) is 13.9. The van der Waals surface area contributed by atoms with Crippen LogP contribution in [0.3, 0.4) is 0 Å². The molecule has 0 radical (unpaired) electrons. The van der Waals surface area contributed by atoms with Gasteiger partial charge in [-0.05, 0) is 30.2 Å². The summed E-state index contributed by atoms with van der Waals surface area (Å²) in [6.07, 6.45) is 0. The molecule has 1 saturated heterocycles. The Bertz CT molecular complexity index is 1190. The summed E-state index contributed by atoms with van der Waals surface area (Å²) in [6.45, 7) is 6.14. The number of nitrogens with zero attached hydrogens (tertiary/aromatic N) is 5. The molecule has 0 saturated carbocycles. The van der Waals surface area contributed by atoms with E-state index in [9.17, 15) is 14.0 Å². The van der Waals surface area contributed by atoms with Crippen LogP contribution in [0.2, 0.25) is 0 Å². The van der Waals surface area contributed by atoms with Crippen LogP contribution in [0.1, 0.15) is 19.4 Å². The van der Waals surface area contributed by atoms with Gasteiger partial charge < -0.3 is 9.80 Å². The minimum atomic E-state index is -0.450. The fourth-order valence-electron chi connectivity index (χ4n) is 4.42. The van der Waals surface area contributed by atoms with Crippen molar-refractivity contribution in [1.29, 1.82) is 0 Å². The Labute approximate surface area is 202 Å². The van der Waals surface area contributed by atoms with E-state index in [0.717, 1.165) is 11.3 Å².